The van der Waals surface area contributed by atoms with Crippen LogP contribution < -0.4 is 20.1 Å². The fraction of sp³-hybridized carbons (Fsp3) is 0.333. The van der Waals surface area contributed by atoms with Crippen LogP contribution in [0.15, 0.2) is 41.3 Å². The predicted octanol–water partition coefficient (Wildman–Crippen LogP) is 2.72. The van der Waals surface area contributed by atoms with Crippen molar-refractivity contribution in [3.8, 4) is 11.5 Å². The minimum atomic E-state index is -3.87. The van der Waals surface area contributed by atoms with Crippen molar-refractivity contribution in [3.63, 3.8) is 0 Å². The number of nitrogens with one attached hydrogen (secondary N) is 2. The minimum Gasteiger partial charge on any atom is -0.495 e. The molecule has 0 aliphatic carbocycles. The van der Waals surface area contributed by atoms with Crippen LogP contribution in [0.1, 0.15) is 12.8 Å². The van der Waals surface area contributed by atoms with Crippen LogP contribution in [-0.2, 0) is 19.6 Å². The number of fused-ring (bicyclic) bond motifs is 1. The molecular formula is C21H22ClN3O6S. The number of sulfonamides is 1. The van der Waals surface area contributed by atoms with E-state index in [0.717, 1.165) is 0 Å². The van der Waals surface area contributed by atoms with Crippen molar-refractivity contribution in [3.05, 3.63) is 41.4 Å². The van der Waals surface area contributed by atoms with Gasteiger partial charge in [0.05, 0.1) is 29.3 Å². The second-order valence-corrected chi connectivity index (χ2v) is 9.91. The number of nitrogens with zero attached hydrogens (tertiary/aromatic N) is 1. The zero-order valence-electron chi connectivity index (χ0n) is 17.3. The lowest BCUT2D eigenvalue weighted by Crippen LogP contribution is -2.43. The number of piperidine rings is 1. The Morgan fingerprint density at radius 2 is 2.09 bits per heavy atom. The lowest BCUT2D eigenvalue weighted by Gasteiger charge is -2.31. The van der Waals surface area contributed by atoms with E-state index in [4.69, 9.17) is 21.1 Å². The molecule has 0 spiro atoms. The average Bonchev–Trinajstić information content (AvgIpc) is 2.78. The lowest BCUT2D eigenvalue weighted by atomic mass is 9.98. The van der Waals surface area contributed by atoms with Gasteiger partial charge in [-0.05, 0) is 49.2 Å². The highest BCUT2D eigenvalue weighted by Crippen LogP contribution is 2.33. The molecule has 170 valence electrons. The topological polar surface area (TPSA) is 114 Å². The van der Waals surface area contributed by atoms with E-state index in [0.29, 0.717) is 47.3 Å². The Morgan fingerprint density at radius 1 is 1.28 bits per heavy atom. The molecule has 4 rings (SSSR count). The number of hydrogen-bond donors (Lipinski definition) is 2. The normalized spacial score (nSPS) is 18.8. The molecule has 1 unspecified atom stereocenters. The maximum Gasteiger partial charge on any atom is 0.262 e. The van der Waals surface area contributed by atoms with E-state index in [2.05, 4.69) is 10.6 Å². The SMILES string of the molecule is COc1ccc(Cl)cc1NC(=O)C1CCCN(S(=O)(=O)c2ccc3c(c2)NC(=O)CO3)C1. The van der Waals surface area contributed by atoms with E-state index >= 15 is 0 Å². The minimum absolute atomic E-state index is 0.0274. The maximum atomic E-state index is 13.2. The number of halogens is 1. The van der Waals surface area contributed by atoms with Gasteiger partial charge in [0, 0.05) is 18.1 Å². The fourth-order valence-electron chi connectivity index (χ4n) is 3.76. The summed E-state index contributed by atoms with van der Waals surface area (Å²) in [5.41, 5.74) is 0.733. The Bertz CT molecular complexity index is 1170. The molecule has 1 atom stereocenters. The van der Waals surface area contributed by atoms with Gasteiger partial charge in [-0.15, -0.1) is 0 Å². The Balaban J connectivity index is 1.51. The molecule has 2 aromatic rings. The molecule has 0 radical (unpaired) electrons. The first-order chi connectivity index (χ1) is 15.3. The Hall–Kier alpha value is -2.82. The quantitative estimate of drug-likeness (QED) is 0.681. The second-order valence-electron chi connectivity index (χ2n) is 7.53. The zero-order valence-corrected chi connectivity index (χ0v) is 18.8. The number of rotatable bonds is 5. The van der Waals surface area contributed by atoms with E-state index in [9.17, 15) is 18.0 Å². The summed E-state index contributed by atoms with van der Waals surface area (Å²) in [6, 6.07) is 9.21. The Labute approximate surface area is 190 Å². The molecule has 0 saturated carbocycles. The number of benzene rings is 2. The van der Waals surface area contributed by atoms with Gasteiger partial charge in [-0.2, -0.15) is 4.31 Å². The van der Waals surface area contributed by atoms with Gasteiger partial charge in [0.2, 0.25) is 15.9 Å². The largest absolute Gasteiger partial charge is 0.495 e. The van der Waals surface area contributed by atoms with Gasteiger partial charge < -0.3 is 20.1 Å². The molecular weight excluding hydrogens is 458 g/mol. The number of amides is 2. The van der Waals surface area contributed by atoms with Crippen molar-refractivity contribution in [2.24, 2.45) is 5.92 Å². The monoisotopic (exact) mass is 479 g/mol. The van der Waals surface area contributed by atoms with Gasteiger partial charge in [0.25, 0.3) is 5.91 Å². The smallest absolute Gasteiger partial charge is 0.262 e. The predicted molar refractivity (Wildman–Crippen MR) is 119 cm³/mol. The van der Waals surface area contributed by atoms with Crippen LogP contribution in [0.2, 0.25) is 5.02 Å². The van der Waals surface area contributed by atoms with E-state index in [1.807, 2.05) is 0 Å². The van der Waals surface area contributed by atoms with Crippen molar-refractivity contribution in [1.82, 2.24) is 4.31 Å². The van der Waals surface area contributed by atoms with Gasteiger partial charge in [-0.25, -0.2) is 8.42 Å². The lowest BCUT2D eigenvalue weighted by molar-refractivity contribution is -0.121. The third kappa shape index (κ3) is 4.52. The van der Waals surface area contributed by atoms with Crippen LogP contribution in [-0.4, -0.2) is 51.3 Å². The summed E-state index contributed by atoms with van der Waals surface area (Å²) in [6.45, 7) is 0.225. The summed E-state index contributed by atoms with van der Waals surface area (Å²) in [5, 5.41) is 5.85. The van der Waals surface area contributed by atoms with Crippen LogP contribution in [0.5, 0.6) is 11.5 Å². The van der Waals surface area contributed by atoms with Gasteiger partial charge in [-0.3, -0.25) is 9.59 Å². The van der Waals surface area contributed by atoms with Crippen molar-refractivity contribution in [2.75, 3.05) is 37.4 Å². The molecule has 1 saturated heterocycles. The highest BCUT2D eigenvalue weighted by molar-refractivity contribution is 7.89. The van der Waals surface area contributed by atoms with Crippen molar-refractivity contribution >= 4 is 44.8 Å². The van der Waals surface area contributed by atoms with E-state index in [1.54, 1.807) is 18.2 Å². The number of anilines is 2. The Kier molecular flexibility index (Phi) is 6.27. The molecule has 1 fully saturated rings. The van der Waals surface area contributed by atoms with Gasteiger partial charge in [0.15, 0.2) is 6.61 Å². The highest BCUT2D eigenvalue weighted by Gasteiger charge is 2.34. The van der Waals surface area contributed by atoms with Crippen molar-refractivity contribution in [2.45, 2.75) is 17.7 Å². The Morgan fingerprint density at radius 3 is 2.88 bits per heavy atom. The number of hydrogen-bond acceptors (Lipinski definition) is 6. The second kappa shape index (κ2) is 8.97. The van der Waals surface area contributed by atoms with E-state index in [-0.39, 0.29) is 29.9 Å². The summed E-state index contributed by atoms with van der Waals surface area (Å²) in [5.74, 6) is -0.325. The average molecular weight is 480 g/mol. The number of ether oxygens (including phenoxy) is 2. The van der Waals surface area contributed by atoms with Crippen LogP contribution >= 0.6 is 11.6 Å². The molecule has 0 aromatic heterocycles. The molecule has 9 nitrogen and oxygen atoms in total. The molecule has 2 aliphatic heterocycles. The van der Waals surface area contributed by atoms with Gasteiger partial charge >= 0.3 is 0 Å². The molecule has 0 bridgehead atoms. The molecule has 32 heavy (non-hydrogen) atoms. The molecule has 2 aliphatic rings. The highest BCUT2D eigenvalue weighted by atomic mass is 35.5. The van der Waals surface area contributed by atoms with Crippen molar-refractivity contribution < 1.29 is 27.5 Å². The first-order valence-electron chi connectivity index (χ1n) is 9.99. The van der Waals surface area contributed by atoms with Crippen LogP contribution in [0.3, 0.4) is 0 Å². The summed E-state index contributed by atoms with van der Waals surface area (Å²) in [4.78, 5) is 24.5. The number of carbonyl (C=O) groups is 2. The van der Waals surface area contributed by atoms with Gasteiger partial charge in [0.1, 0.15) is 11.5 Å². The van der Waals surface area contributed by atoms with Crippen LogP contribution in [0.4, 0.5) is 11.4 Å². The van der Waals surface area contributed by atoms with E-state index < -0.39 is 15.9 Å². The number of methoxy groups -OCH3 is 1. The molecule has 11 heteroatoms. The summed E-state index contributed by atoms with van der Waals surface area (Å²) >= 11 is 6.02. The zero-order chi connectivity index (χ0) is 22.9. The summed E-state index contributed by atoms with van der Waals surface area (Å²) in [6.07, 6.45) is 1.09. The summed E-state index contributed by atoms with van der Waals surface area (Å²) in [7, 11) is -2.39. The molecule has 2 aromatic carbocycles. The fourth-order valence-corrected chi connectivity index (χ4v) is 5.48. The van der Waals surface area contributed by atoms with Crippen LogP contribution in [0.25, 0.3) is 0 Å². The number of carbonyl (C=O) groups excluding carboxylic acids is 2. The third-order valence-electron chi connectivity index (χ3n) is 5.40. The third-order valence-corrected chi connectivity index (χ3v) is 7.49. The van der Waals surface area contributed by atoms with E-state index in [1.165, 1.54) is 29.6 Å². The maximum absolute atomic E-state index is 13.2. The summed E-state index contributed by atoms with van der Waals surface area (Å²) < 4.78 is 38.3. The molecule has 2 amide bonds. The van der Waals surface area contributed by atoms with Crippen molar-refractivity contribution in [1.29, 1.82) is 0 Å². The standard InChI is InChI=1S/C21H22ClN3O6S/c1-30-18-6-4-14(22)9-16(18)24-21(27)13-3-2-8-25(11-13)32(28,29)15-5-7-19-17(10-15)23-20(26)12-31-19/h4-7,9-10,13H,2-3,8,11-12H2,1H3,(H,23,26)(H,24,27). The van der Waals surface area contributed by atoms with Gasteiger partial charge in [-0.1, -0.05) is 11.6 Å². The first-order valence-corrected chi connectivity index (χ1v) is 11.8. The molecule has 2 N–H and O–H groups in total. The van der Waals surface area contributed by atoms with Crippen LogP contribution in [0, 0.1) is 5.92 Å². The molecule has 2 heterocycles. The first kappa shape index (κ1) is 22.4.